The predicted molar refractivity (Wildman–Crippen MR) is 114 cm³/mol. The summed E-state index contributed by atoms with van der Waals surface area (Å²) >= 11 is 1.21. The number of aromatic nitrogens is 2. The monoisotopic (exact) mass is 428 g/mol. The van der Waals surface area contributed by atoms with E-state index in [1.807, 2.05) is 43.3 Å². The van der Waals surface area contributed by atoms with Crippen LogP contribution in [0, 0.1) is 13.8 Å². The van der Waals surface area contributed by atoms with Crippen LogP contribution in [0.3, 0.4) is 0 Å². The van der Waals surface area contributed by atoms with E-state index >= 15 is 0 Å². The van der Waals surface area contributed by atoms with Crippen LogP contribution in [0.25, 0.3) is 11.3 Å². The molecular formula is C20H20N4O3S2. The summed E-state index contributed by atoms with van der Waals surface area (Å²) in [4.78, 5) is 21.2. The zero-order chi connectivity index (χ0) is 21.0. The van der Waals surface area contributed by atoms with Crippen molar-refractivity contribution in [2.24, 2.45) is 5.14 Å². The van der Waals surface area contributed by atoms with Crippen molar-refractivity contribution in [2.45, 2.75) is 23.9 Å². The van der Waals surface area contributed by atoms with Crippen molar-refractivity contribution in [3.8, 4) is 11.3 Å². The van der Waals surface area contributed by atoms with E-state index in [4.69, 9.17) is 5.14 Å². The summed E-state index contributed by atoms with van der Waals surface area (Å²) < 4.78 is 23.0. The number of benzene rings is 2. The van der Waals surface area contributed by atoms with Gasteiger partial charge in [-0.25, -0.2) is 23.5 Å². The zero-order valence-corrected chi connectivity index (χ0v) is 17.5. The van der Waals surface area contributed by atoms with E-state index in [9.17, 15) is 13.2 Å². The van der Waals surface area contributed by atoms with Gasteiger partial charge in [0.1, 0.15) is 0 Å². The number of hydrogen-bond donors (Lipinski definition) is 2. The highest BCUT2D eigenvalue weighted by molar-refractivity contribution is 7.99. The van der Waals surface area contributed by atoms with Gasteiger partial charge in [-0.1, -0.05) is 48.2 Å². The van der Waals surface area contributed by atoms with E-state index in [-0.39, 0.29) is 16.6 Å². The number of amides is 1. The quantitative estimate of drug-likeness (QED) is 0.460. The van der Waals surface area contributed by atoms with Crippen LogP contribution < -0.4 is 10.5 Å². The van der Waals surface area contributed by atoms with Crippen LogP contribution in [0.1, 0.15) is 11.3 Å². The summed E-state index contributed by atoms with van der Waals surface area (Å²) in [6.45, 7) is 3.64. The second kappa shape index (κ2) is 8.73. The maximum absolute atomic E-state index is 12.4. The zero-order valence-electron chi connectivity index (χ0n) is 15.9. The first kappa shape index (κ1) is 21.0. The average Bonchev–Trinajstić information content (AvgIpc) is 2.67. The van der Waals surface area contributed by atoms with Gasteiger partial charge in [0.25, 0.3) is 0 Å². The Morgan fingerprint density at radius 3 is 2.48 bits per heavy atom. The number of carbonyl (C=O) groups is 1. The second-order valence-corrected chi connectivity index (χ2v) is 8.91. The molecule has 150 valence electrons. The Morgan fingerprint density at radius 2 is 1.79 bits per heavy atom. The van der Waals surface area contributed by atoms with Crippen molar-refractivity contribution in [2.75, 3.05) is 11.1 Å². The third-order valence-electron chi connectivity index (χ3n) is 4.05. The lowest BCUT2D eigenvalue weighted by Gasteiger charge is -2.10. The van der Waals surface area contributed by atoms with Crippen LogP contribution in [0.5, 0.6) is 0 Å². The Balaban J connectivity index is 1.71. The SMILES string of the molecule is Cc1cc(-c2ccccc2)nc(SCC(=O)Nc2cc(S(N)(=O)=O)ccc2C)n1. The van der Waals surface area contributed by atoms with Crippen LogP contribution in [-0.4, -0.2) is 30.0 Å². The highest BCUT2D eigenvalue weighted by Gasteiger charge is 2.13. The number of nitrogens with two attached hydrogens (primary N) is 1. The summed E-state index contributed by atoms with van der Waals surface area (Å²) in [6.07, 6.45) is 0. The van der Waals surface area contributed by atoms with Gasteiger partial charge in [0.15, 0.2) is 5.16 Å². The first-order valence-electron chi connectivity index (χ1n) is 8.69. The number of nitrogens with zero attached hydrogens (tertiary/aromatic N) is 2. The van der Waals surface area contributed by atoms with Gasteiger partial charge in [-0.3, -0.25) is 4.79 Å². The lowest BCUT2D eigenvalue weighted by molar-refractivity contribution is -0.113. The molecule has 29 heavy (non-hydrogen) atoms. The number of carbonyl (C=O) groups excluding carboxylic acids is 1. The fourth-order valence-electron chi connectivity index (χ4n) is 2.59. The molecule has 0 atom stereocenters. The first-order chi connectivity index (χ1) is 13.7. The number of nitrogens with one attached hydrogen (secondary N) is 1. The van der Waals surface area contributed by atoms with Crippen LogP contribution in [0.4, 0.5) is 5.69 Å². The fraction of sp³-hybridized carbons (Fsp3) is 0.150. The number of aryl methyl sites for hydroxylation is 2. The average molecular weight is 429 g/mol. The van der Waals surface area contributed by atoms with Gasteiger partial charge in [-0.2, -0.15) is 0 Å². The molecule has 0 unspecified atom stereocenters. The molecule has 1 aromatic heterocycles. The number of hydrogen-bond acceptors (Lipinski definition) is 6. The fourth-order valence-corrected chi connectivity index (χ4v) is 3.84. The van der Waals surface area contributed by atoms with E-state index < -0.39 is 10.0 Å². The molecule has 3 rings (SSSR count). The predicted octanol–water partition coefficient (Wildman–Crippen LogP) is 3.14. The lowest BCUT2D eigenvalue weighted by Crippen LogP contribution is -2.17. The smallest absolute Gasteiger partial charge is 0.238 e. The molecule has 3 N–H and O–H groups in total. The maximum Gasteiger partial charge on any atom is 0.238 e. The molecule has 1 amide bonds. The summed E-state index contributed by atoms with van der Waals surface area (Å²) in [6, 6.07) is 16.0. The number of sulfonamides is 1. The number of rotatable bonds is 6. The third kappa shape index (κ3) is 5.63. The van der Waals surface area contributed by atoms with E-state index in [0.29, 0.717) is 10.8 Å². The molecule has 0 radical (unpaired) electrons. The number of thioether (sulfide) groups is 1. The molecule has 0 spiro atoms. The highest BCUT2D eigenvalue weighted by Crippen LogP contribution is 2.23. The summed E-state index contributed by atoms with van der Waals surface area (Å²) in [5, 5.41) is 8.37. The molecule has 7 nitrogen and oxygen atoms in total. The summed E-state index contributed by atoms with van der Waals surface area (Å²) in [5.41, 5.74) is 3.70. The Kier molecular flexibility index (Phi) is 6.31. The van der Waals surface area contributed by atoms with Crippen molar-refractivity contribution >= 4 is 33.4 Å². The van der Waals surface area contributed by atoms with Gasteiger partial charge in [-0.15, -0.1) is 0 Å². The molecule has 2 aromatic carbocycles. The number of primary sulfonamides is 1. The maximum atomic E-state index is 12.4. The molecule has 0 fully saturated rings. The molecule has 1 heterocycles. The van der Waals surface area contributed by atoms with Crippen molar-refractivity contribution in [3.63, 3.8) is 0 Å². The molecule has 9 heteroatoms. The van der Waals surface area contributed by atoms with Crippen molar-refractivity contribution in [1.29, 1.82) is 0 Å². The standard InChI is InChI=1S/C20H20N4O3S2/c1-13-8-9-16(29(21,26)27)11-17(13)23-19(25)12-28-20-22-14(2)10-18(24-20)15-6-4-3-5-7-15/h3-11H,12H2,1-2H3,(H,23,25)(H2,21,26,27). The Morgan fingerprint density at radius 1 is 1.07 bits per heavy atom. The second-order valence-electron chi connectivity index (χ2n) is 6.40. The van der Waals surface area contributed by atoms with Crippen molar-refractivity contribution in [1.82, 2.24) is 9.97 Å². The minimum Gasteiger partial charge on any atom is -0.325 e. The topological polar surface area (TPSA) is 115 Å². The molecule has 0 aliphatic heterocycles. The Bertz CT molecular complexity index is 1150. The van der Waals surface area contributed by atoms with E-state index in [2.05, 4.69) is 15.3 Å². The largest absolute Gasteiger partial charge is 0.325 e. The molecule has 0 bridgehead atoms. The minimum absolute atomic E-state index is 0.0550. The Labute approximate surface area is 173 Å². The third-order valence-corrected chi connectivity index (χ3v) is 5.81. The van der Waals surface area contributed by atoms with E-state index in [0.717, 1.165) is 22.5 Å². The van der Waals surface area contributed by atoms with Crippen LogP contribution >= 0.6 is 11.8 Å². The van der Waals surface area contributed by atoms with Crippen LogP contribution in [-0.2, 0) is 14.8 Å². The number of anilines is 1. The van der Waals surface area contributed by atoms with Gasteiger partial charge >= 0.3 is 0 Å². The van der Waals surface area contributed by atoms with Gasteiger partial charge in [0.05, 0.1) is 16.3 Å². The minimum atomic E-state index is -3.85. The van der Waals surface area contributed by atoms with Gasteiger partial charge in [0.2, 0.25) is 15.9 Å². The summed E-state index contributed by atoms with van der Waals surface area (Å²) in [7, 11) is -3.85. The van der Waals surface area contributed by atoms with Crippen LogP contribution in [0.15, 0.2) is 64.6 Å². The molecular weight excluding hydrogens is 408 g/mol. The Hall–Kier alpha value is -2.75. The van der Waals surface area contributed by atoms with Crippen molar-refractivity contribution < 1.29 is 13.2 Å². The molecule has 0 saturated heterocycles. The lowest BCUT2D eigenvalue weighted by atomic mass is 10.1. The molecule has 0 aliphatic rings. The highest BCUT2D eigenvalue weighted by atomic mass is 32.2. The van der Waals surface area contributed by atoms with Gasteiger partial charge in [-0.05, 0) is 37.6 Å². The van der Waals surface area contributed by atoms with E-state index in [1.54, 1.807) is 13.0 Å². The molecule has 3 aromatic rings. The molecule has 0 saturated carbocycles. The molecule has 0 aliphatic carbocycles. The van der Waals surface area contributed by atoms with Gasteiger partial charge < -0.3 is 5.32 Å². The normalized spacial score (nSPS) is 11.3. The first-order valence-corrected chi connectivity index (χ1v) is 11.2. The van der Waals surface area contributed by atoms with Crippen LogP contribution in [0.2, 0.25) is 0 Å². The van der Waals surface area contributed by atoms with Gasteiger partial charge in [0, 0.05) is 16.9 Å². The van der Waals surface area contributed by atoms with E-state index in [1.165, 1.54) is 23.9 Å². The van der Waals surface area contributed by atoms with Crippen molar-refractivity contribution in [3.05, 3.63) is 65.9 Å². The summed E-state index contributed by atoms with van der Waals surface area (Å²) in [5.74, 6) is -0.215.